The lowest BCUT2D eigenvalue weighted by Gasteiger charge is -2.42. The Kier molecular flexibility index (Phi) is 6.64. The van der Waals surface area contributed by atoms with Crippen LogP contribution in [0.5, 0.6) is 0 Å². The van der Waals surface area contributed by atoms with Crippen molar-refractivity contribution in [2.24, 2.45) is 5.73 Å². The molecular weight excluding hydrogens is 479 g/mol. The number of nitrogens with zero attached hydrogens (tertiary/aromatic N) is 1. The number of primary amides is 1. The van der Waals surface area contributed by atoms with Crippen molar-refractivity contribution < 1.29 is 13.2 Å². The van der Waals surface area contributed by atoms with Crippen molar-refractivity contribution in [3.8, 4) is 0 Å². The number of likely N-dealkylation sites (tertiary alicyclic amines) is 1. The van der Waals surface area contributed by atoms with Gasteiger partial charge in [0.05, 0.1) is 10.9 Å². The van der Waals surface area contributed by atoms with E-state index in [0.29, 0.717) is 28.7 Å². The van der Waals surface area contributed by atoms with Crippen LogP contribution in [0, 0.1) is 0 Å². The number of carbonyl (C=O) groups is 1. The molecule has 0 bridgehead atoms. The number of carbonyl (C=O) groups excluding carboxylic acids is 1. The Morgan fingerprint density at radius 3 is 1.82 bits per heavy atom. The van der Waals surface area contributed by atoms with Crippen molar-refractivity contribution >= 4 is 43.9 Å². The molecule has 3 aromatic carbocycles. The van der Waals surface area contributed by atoms with Crippen LogP contribution in [0.4, 0.5) is 0 Å². The van der Waals surface area contributed by atoms with Gasteiger partial charge in [0.1, 0.15) is 0 Å². The molecule has 0 unspecified atom stereocenters. The van der Waals surface area contributed by atoms with Crippen molar-refractivity contribution in [3.63, 3.8) is 0 Å². The minimum absolute atomic E-state index is 0.0963. The van der Waals surface area contributed by atoms with E-state index in [0.717, 1.165) is 16.7 Å². The van der Waals surface area contributed by atoms with Crippen molar-refractivity contribution in [3.05, 3.63) is 111 Å². The summed E-state index contributed by atoms with van der Waals surface area (Å²) in [7, 11) is -3.54. The first-order valence-corrected chi connectivity index (χ1v) is 12.9. The third kappa shape index (κ3) is 5.14. The lowest BCUT2D eigenvalue weighted by molar-refractivity contribution is 0.1000. The number of hydrogen-bond acceptors (Lipinski definition) is 4. The Hall–Kier alpha value is -2.64. The van der Waals surface area contributed by atoms with Crippen LogP contribution in [0.25, 0.3) is 4.91 Å². The standard InChI is InChI=1S/C25H22Cl2N2O3S/c1-33(31,32)24(18-3-2-4-19(13-18)25(28)30)20-14-29(15-20)23(16-5-9-21(26)10-6-16)17-7-11-22(27)12-8-17/h2-13,23H,14-15H2,1H3,(H2,28,30). The number of hydrogen-bond donors (Lipinski definition) is 1. The summed E-state index contributed by atoms with van der Waals surface area (Å²) in [6, 6.07) is 21.6. The predicted molar refractivity (Wildman–Crippen MR) is 133 cm³/mol. The van der Waals surface area contributed by atoms with E-state index in [-0.39, 0.29) is 16.5 Å². The molecule has 0 atom stereocenters. The molecule has 0 radical (unpaired) electrons. The van der Waals surface area contributed by atoms with E-state index in [1.807, 2.05) is 48.5 Å². The first-order valence-electron chi connectivity index (χ1n) is 10.2. The van der Waals surface area contributed by atoms with Crippen LogP contribution in [0.3, 0.4) is 0 Å². The van der Waals surface area contributed by atoms with E-state index < -0.39 is 15.7 Å². The lowest BCUT2D eigenvalue weighted by Crippen LogP contribution is -2.44. The highest BCUT2D eigenvalue weighted by atomic mass is 35.5. The van der Waals surface area contributed by atoms with Gasteiger partial charge in [0.2, 0.25) is 5.91 Å². The maximum atomic E-state index is 12.7. The number of amides is 1. The van der Waals surface area contributed by atoms with Crippen molar-refractivity contribution in [1.82, 2.24) is 4.90 Å². The summed E-state index contributed by atoms with van der Waals surface area (Å²) in [5.74, 6) is -0.601. The number of rotatable bonds is 6. The molecule has 8 heteroatoms. The van der Waals surface area contributed by atoms with Crippen LogP contribution in [0.2, 0.25) is 10.0 Å². The van der Waals surface area contributed by atoms with Crippen molar-refractivity contribution in [2.45, 2.75) is 6.04 Å². The Morgan fingerprint density at radius 2 is 1.36 bits per heavy atom. The smallest absolute Gasteiger partial charge is 0.248 e. The summed E-state index contributed by atoms with van der Waals surface area (Å²) < 4.78 is 25.4. The molecule has 3 aromatic rings. The van der Waals surface area contributed by atoms with Gasteiger partial charge in [-0.05, 0) is 58.7 Å². The summed E-state index contributed by atoms with van der Waals surface area (Å²) in [6.45, 7) is 0.915. The van der Waals surface area contributed by atoms with E-state index in [4.69, 9.17) is 28.9 Å². The Morgan fingerprint density at radius 1 is 0.879 bits per heavy atom. The van der Waals surface area contributed by atoms with E-state index >= 15 is 0 Å². The Balaban J connectivity index is 1.73. The van der Waals surface area contributed by atoms with E-state index in [2.05, 4.69) is 4.90 Å². The van der Waals surface area contributed by atoms with Gasteiger partial charge < -0.3 is 5.73 Å². The average molecular weight is 501 g/mol. The summed E-state index contributed by atoms with van der Waals surface area (Å²) in [5.41, 5.74) is 9.00. The van der Waals surface area contributed by atoms with Crippen LogP contribution in [-0.2, 0) is 9.84 Å². The molecule has 0 aliphatic carbocycles. The topological polar surface area (TPSA) is 80.5 Å². The zero-order chi connectivity index (χ0) is 23.8. The van der Waals surface area contributed by atoms with Crippen LogP contribution in [0.15, 0.2) is 78.4 Å². The van der Waals surface area contributed by atoms with E-state index in [1.54, 1.807) is 18.2 Å². The largest absolute Gasteiger partial charge is 0.366 e. The normalized spacial score (nSPS) is 14.2. The highest BCUT2D eigenvalue weighted by Gasteiger charge is 2.34. The molecule has 1 aliphatic heterocycles. The fraction of sp³-hybridized carbons (Fsp3) is 0.160. The number of nitrogens with two attached hydrogens (primary N) is 1. The minimum atomic E-state index is -3.54. The zero-order valence-corrected chi connectivity index (χ0v) is 20.2. The molecule has 1 heterocycles. The van der Waals surface area contributed by atoms with Gasteiger partial charge in [-0.1, -0.05) is 59.6 Å². The van der Waals surface area contributed by atoms with Crippen molar-refractivity contribution in [1.29, 1.82) is 0 Å². The summed E-state index contributed by atoms with van der Waals surface area (Å²) >= 11 is 12.2. The van der Waals surface area contributed by atoms with Gasteiger partial charge in [-0.25, -0.2) is 8.42 Å². The molecule has 0 saturated carbocycles. The van der Waals surface area contributed by atoms with Crippen LogP contribution in [0.1, 0.15) is 33.1 Å². The predicted octanol–water partition coefficient (Wildman–Crippen LogP) is 4.95. The van der Waals surface area contributed by atoms with Gasteiger partial charge in [-0.2, -0.15) is 0 Å². The first kappa shape index (κ1) is 23.5. The fourth-order valence-corrected chi connectivity index (χ4v) is 5.63. The summed E-state index contributed by atoms with van der Waals surface area (Å²) in [5, 5.41) is 1.29. The number of sulfone groups is 1. The minimum Gasteiger partial charge on any atom is -0.366 e. The molecular formula is C25H22Cl2N2O3S. The first-order chi connectivity index (χ1) is 15.6. The highest BCUT2D eigenvalue weighted by molar-refractivity contribution is 8.00. The van der Waals surface area contributed by atoms with Gasteiger partial charge in [-0.3, -0.25) is 9.69 Å². The van der Waals surface area contributed by atoms with Crippen LogP contribution < -0.4 is 5.73 Å². The molecule has 1 fully saturated rings. The molecule has 33 heavy (non-hydrogen) atoms. The van der Waals surface area contributed by atoms with Gasteiger partial charge >= 0.3 is 0 Å². The molecule has 1 saturated heterocycles. The molecule has 2 N–H and O–H groups in total. The lowest BCUT2D eigenvalue weighted by atomic mass is 9.92. The van der Waals surface area contributed by atoms with Gasteiger partial charge in [0, 0.05) is 35.0 Å². The van der Waals surface area contributed by atoms with E-state index in [1.165, 1.54) is 12.3 Å². The quantitative estimate of drug-likeness (QED) is 0.518. The van der Waals surface area contributed by atoms with Crippen LogP contribution >= 0.6 is 23.2 Å². The number of benzene rings is 3. The second kappa shape index (κ2) is 9.31. The molecule has 4 rings (SSSR count). The van der Waals surface area contributed by atoms with E-state index in [9.17, 15) is 13.2 Å². The molecule has 170 valence electrons. The summed E-state index contributed by atoms with van der Waals surface area (Å²) in [4.78, 5) is 14.0. The Labute approximate surface area is 203 Å². The third-order valence-electron chi connectivity index (χ3n) is 5.63. The SMILES string of the molecule is CS(=O)(=O)C(=C1CN(C(c2ccc(Cl)cc2)c2ccc(Cl)cc2)C1)c1cccc(C(N)=O)c1. The molecule has 1 amide bonds. The maximum absolute atomic E-state index is 12.7. The second-order valence-corrected chi connectivity index (χ2v) is 10.9. The van der Waals surface area contributed by atoms with Gasteiger partial charge in [0.15, 0.2) is 9.84 Å². The maximum Gasteiger partial charge on any atom is 0.248 e. The fourth-order valence-electron chi connectivity index (χ4n) is 4.17. The molecule has 1 aliphatic rings. The Bertz CT molecular complexity index is 1280. The van der Waals surface area contributed by atoms with Gasteiger partial charge in [0.25, 0.3) is 0 Å². The second-order valence-electron chi connectivity index (χ2n) is 8.06. The third-order valence-corrected chi connectivity index (χ3v) is 7.40. The van der Waals surface area contributed by atoms with Crippen molar-refractivity contribution in [2.75, 3.05) is 19.3 Å². The molecule has 5 nitrogen and oxygen atoms in total. The molecule has 0 aromatic heterocycles. The molecule has 0 spiro atoms. The highest BCUT2D eigenvalue weighted by Crippen LogP contribution is 2.38. The summed E-state index contributed by atoms with van der Waals surface area (Å²) in [6.07, 6.45) is 1.19. The number of halogens is 2. The van der Waals surface area contributed by atoms with Gasteiger partial charge in [-0.15, -0.1) is 0 Å². The monoisotopic (exact) mass is 500 g/mol. The average Bonchev–Trinajstić information content (AvgIpc) is 2.73. The van der Waals surface area contributed by atoms with Crippen LogP contribution in [-0.4, -0.2) is 38.6 Å². The zero-order valence-electron chi connectivity index (χ0n) is 17.8.